The number of nitrogen functional groups attached to an aromatic ring is 1. The summed E-state index contributed by atoms with van der Waals surface area (Å²) in [5, 5.41) is 3.90. The van der Waals surface area contributed by atoms with Crippen molar-refractivity contribution in [1.82, 2.24) is 9.97 Å². The zero-order chi connectivity index (χ0) is 13.7. The lowest BCUT2D eigenvalue weighted by Crippen LogP contribution is -2.11. The summed E-state index contributed by atoms with van der Waals surface area (Å²) >= 11 is 5.85. The lowest BCUT2D eigenvalue weighted by atomic mass is 10.3. The van der Waals surface area contributed by atoms with Crippen LogP contribution < -0.4 is 16.6 Å². The normalized spacial score (nSPS) is 10.3. The van der Waals surface area contributed by atoms with Crippen LogP contribution in [0, 0.1) is 0 Å². The number of hydrogen-bond donors (Lipinski definition) is 3. The first-order chi connectivity index (χ1) is 9.21. The maximum atomic E-state index is 5.85. The van der Waals surface area contributed by atoms with Crippen molar-refractivity contribution in [2.24, 2.45) is 5.84 Å². The molecule has 1 aromatic heterocycles. The average Bonchev–Trinajstić information content (AvgIpc) is 2.41. The van der Waals surface area contributed by atoms with E-state index in [1.807, 2.05) is 24.3 Å². The highest BCUT2D eigenvalue weighted by atomic mass is 35.5. The second kappa shape index (κ2) is 6.36. The molecule has 0 atom stereocenters. The van der Waals surface area contributed by atoms with E-state index in [1.165, 1.54) is 0 Å². The smallest absolute Gasteiger partial charge is 0.145 e. The maximum Gasteiger partial charge on any atom is 0.145 e. The summed E-state index contributed by atoms with van der Waals surface area (Å²) in [5.74, 6) is 7.47. The molecular formula is C13H16ClN5. The van der Waals surface area contributed by atoms with E-state index in [2.05, 4.69) is 27.6 Å². The van der Waals surface area contributed by atoms with Gasteiger partial charge in [0.05, 0.1) is 0 Å². The Balaban J connectivity index is 2.23. The highest BCUT2D eigenvalue weighted by molar-refractivity contribution is 6.30. The van der Waals surface area contributed by atoms with Crippen molar-refractivity contribution >= 4 is 28.9 Å². The van der Waals surface area contributed by atoms with Gasteiger partial charge in [-0.3, -0.25) is 0 Å². The first-order valence-corrected chi connectivity index (χ1v) is 6.46. The van der Waals surface area contributed by atoms with E-state index in [1.54, 1.807) is 6.07 Å². The number of anilines is 3. The minimum absolute atomic E-state index is 0.593. The van der Waals surface area contributed by atoms with Crippen molar-refractivity contribution in [3.05, 3.63) is 41.2 Å². The molecule has 5 nitrogen and oxygen atoms in total. The zero-order valence-electron chi connectivity index (χ0n) is 10.7. The third kappa shape index (κ3) is 3.81. The largest absolute Gasteiger partial charge is 0.340 e. The molecule has 2 aromatic rings. The van der Waals surface area contributed by atoms with Gasteiger partial charge in [-0.2, -0.15) is 0 Å². The molecule has 1 aromatic carbocycles. The van der Waals surface area contributed by atoms with Gasteiger partial charge in [0.25, 0.3) is 0 Å². The Morgan fingerprint density at radius 1 is 1.16 bits per heavy atom. The molecule has 0 aliphatic carbocycles. The van der Waals surface area contributed by atoms with Crippen LogP contribution in [0.5, 0.6) is 0 Å². The van der Waals surface area contributed by atoms with Crippen molar-refractivity contribution in [2.75, 3.05) is 10.7 Å². The molecule has 0 radical (unpaired) electrons. The summed E-state index contributed by atoms with van der Waals surface area (Å²) < 4.78 is 0. The summed E-state index contributed by atoms with van der Waals surface area (Å²) in [4.78, 5) is 8.73. The summed E-state index contributed by atoms with van der Waals surface area (Å²) in [5.41, 5.74) is 3.46. The molecule has 1 heterocycles. The first kappa shape index (κ1) is 13.6. The number of aromatic nitrogens is 2. The Bertz CT molecular complexity index is 541. The SMILES string of the molecule is CCCc1nc(NN)cc(Nc2ccc(Cl)cc2)n1. The summed E-state index contributed by atoms with van der Waals surface area (Å²) in [7, 11) is 0. The Morgan fingerprint density at radius 2 is 1.84 bits per heavy atom. The summed E-state index contributed by atoms with van der Waals surface area (Å²) in [6.07, 6.45) is 1.79. The molecular weight excluding hydrogens is 262 g/mol. The van der Waals surface area contributed by atoms with Gasteiger partial charge in [-0.25, -0.2) is 15.8 Å². The second-order valence-corrected chi connectivity index (χ2v) is 4.52. The summed E-state index contributed by atoms with van der Waals surface area (Å²) in [6.45, 7) is 2.08. The topological polar surface area (TPSA) is 75.9 Å². The first-order valence-electron chi connectivity index (χ1n) is 6.08. The average molecular weight is 278 g/mol. The van der Waals surface area contributed by atoms with Gasteiger partial charge in [0.15, 0.2) is 0 Å². The molecule has 0 aliphatic rings. The fourth-order valence-electron chi connectivity index (χ4n) is 1.65. The number of halogens is 1. The quantitative estimate of drug-likeness (QED) is 0.578. The molecule has 0 amide bonds. The predicted octanol–water partition coefficient (Wildman–Crippen LogP) is 3.11. The van der Waals surface area contributed by atoms with Crippen LogP contribution in [0.3, 0.4) is 0 Å². The minimum atomic E-state index is 0.593. The number of nitrogens with two attached hydrogens (primary N) is 1. The van der Waals surface area contributed by atoms with Gasteiger partial charge in [-0.15, -0.1) is 0 Å². The van der Waals surface area contributed by atoms with E-state index >= 15 is 0 Å². The molecule has 100 valence electrons. The van der Waals surface area contributed by atoms with Gasteiger partial charge in [-0.1, -0.05) is 18.5 Å². The number of aryl methyl sites for hydroxylation is 1. The molecule has 0 spiro atoms. The van der Waals surface area contributed by atoms with Gasteiger partial charge in [0.1, 0.15) is 17.5 Å². The highest BCUT2D eigenvalue weighted by Gasteiger charge is 2.04. The molecule has 0 saturated carbocycles. The third-order valence-corrected chi connectivity index (χ3v) is 2.76. The van der Waals surface area contributed by atoms with Crippen LogP contribution in [0.25, 0.3) is 0 Å². The van der Waals surface area contributed by atoms with Crippen LogP contribution in [0.4, 0.5) is 17.3 Å². The van der Waals surface area contributed by atoms with Gasteiger partial charge in [0.2, 0.25) is 0 Å². The van der Waals surface area contributed by atoms with E-state index in [0.717, 1.165) is 24.4 Å². The lowest BCUT2D eigenvalue weighted by Gasteiger charge is -2.09. The number of rotatable bonds is 5. The molecule has 0 unspecified atom stereocenters. The molecule has 4 N–H and O–H groups in total. The van der Waals surface area contributed by atoms with E-state index in [0.29, 0.717) is 16.7 Å². The molecule has 0 fully saturated rings. The molecule has 19 heavy (non-hydrogen) atoms. The lowest BCUT2D eigenvalue weighted by molar-refractivity contribution is 0.837. The fraction of sp³-hybridized carbons (Fsp3) is 0.231. The molecule has 0 bridgehead atoms. The predicted molar refractivity (Wildman–Crippen MR) is 78.6 cm³/mol. The van der Waals surface area contributed by atoms with E-state index < -0.39 is 0 Å². The Morgan fingerprint density at radius 3 is 2.47 bits per heavy atom. The number of benzene rings is 1. The van der Waals surface area contributed by atoms with Gasteiger partial charge in [0, 0.05) is 23.2 Å². The van der Waals surface area contributed by atoms with Gasteiger partial charge < -0.3 is 10.7 Å². The maximum absolute atomic E-state index is 5.85. The van der Waals surface area contributed by atoms with Gasteiger partial charge in [-0.05, 0) is 30.7 Å². The fourth-order valence-corrected chi connectivity index (χ4v) is 1.78. The molecule has 0 aliphatic heterocycles. The third-order valence-electron chi connectivity index (χ3n) is 2.51. The van der Waals surface area contributed by atoms with Crippen molar-refractivity contribution in [2.45, 2.75) is 19.8 Å². The summed E-state index contributed by atoms with van der Waals surface area (Å²) in [6, 6.07) is 9.17. The number of nitrogens with zero attached hydrogens (tertiary/aromatic N) is 2. The van der Waals surface area contributed by atoms with Crippen LogP contribution in [0.2, 0.25) is 5.02 Å². The molecule has 0 saturated heterocycles. The van der Waals surface area contributed by atoms with Crippen LogP contribution in [0.15, 0.2) is 30.3 Å². The van der Waals surface area contributed by atoms with Crippen LogP contribution >= 0.6 is 11.6 Å². The Labute approximate surface area is 117 Å². The highest BCUT2D eigenvalue weighted by Crippen LogP contribution is 2.19. The van der Waals surface area contributed by atoms with Crippen molar-refractivity contribution in [3.63, 3.8) is 0 Å². The standard InChI is InChI=1S/C13H16ClN5/c1-2-3-11-17-12(8-13(18-11)19-15)16-10-6-4-9(14)5-7-10/h4-8H,2-3,15H2,1H3,(H2,16,17,18,19). The number of hydrogen-bond acceptors (Lipinski definition) is 5. The van der Waals surface area contributed by atoms with E-state index in [-0.39, 0.29) is 0 Å². The van der Waals surface area contributed by atoms with Crippen molar-refractivity contribution in [3.8, 4) is 0 Å². The van der Waals surface area contributed by atoms with E-state index in [9.17, 15) is 0 Å². The van der Waals surface area contributed by atoms with Crippen molar-refractivity contribution in [1.29, 1.82) is 0 Å². The van der Waals surface area contributed by atoms with Gasteiger partial charge >= 0.3 is 0 Å². The van der Waals surface area contributed by atoms with Crippen molar-refractivity contribution < 1.29 is 0 Å². The Kier molecular flexibility index (Phi) is 4.54. The van der Waals surface area contributed by atoms with E-state index in [4.69, 9.17) is 17.4 Å². The van der Waals surface area contributed by atoms with Crippen LogP contribution in [0.1, 0.15) is 19.2 Å². The van der Waals surface area contributed by atoms with Crippen LogP contribution in [-0.4, -0.2) is 9.97 Å². The molecule has 6 heteroatoms. The minimum Gasteiger partial charge on any atom is -0.340 e. The number of hydrazine groups is 1. The second-order valence-electron chi connectivity index (χ2n) is 4.08. The number of nitrogens with one attached hydrogen (secondary N) is 2. The Hall–Kier alpha value is -1.85. The molecule has 2 rings (SSSR count). The monoisotopic (exact) mass is 277 g/mol. The van der Waals surface area contributed by atoms with Crippen LogP contribution in [-0.2, 0) is 6.42 Å². The zero-order valence-corrected chi connectivity index (χ0v) is 11.4.